The second-order valence-corrected chi connectivity index (χ2v) is 6.69. The first-order valence-electron chi connectivity index (χ1n) is 7.75. The molecule has 0 radical (unpaired) electrons. The number of imidazole rings is 1. The van der Waals surface area contributed by atoms with Crippen molar-refractivity contribution >= 4 is 39.1 Å². The largest absolute Gasteiger partial charge is 0.486 e. The molecule has 5 nitrogen and oxygen atoms in total. The highest BCUT2D eigenvalue weighted by molar-refractivity contribution is 7.13. The van der Waals surface area contributed by atoms with Gasteiger partial charge in [0.1, 0.15) is 18.2 Å². The molecule has 2 aromatic heterocycles. The zero-order valence-corrected chi connectivity index (χ0v) is 14.8. The van der Waals surface area contributed by atoms with E-state index in [1.807, 2.05) is 53.9 Å². The second kappa shape index (κ2) is 7.13. The van der Waals surface area contributed by atoms with Crippen molar-refractivity contribution in [1.29, 1.82) is 0 Å². The van der Waals surface area contributed by atoms with Crippen molar-refractivity contribution in [3.8, 4) is 5.75 Å². The molecule has 0 aliphatic rings. The van der Waals surface area contributed by atoms with Crippen molar-refractivity contribution in [3.63, 3.8) is 0 Å². The van der Waals surface area contributed by atoms with Gasteiger partial charge in [0.2, 0.25) is 0 Å². The SMILES string of the molecule is Clc1ccc2nc(COc3ccccc3)n(CNc3nccs3)c2c1. The van der Waals surface area contributed by atoms with Gasteiger partial charge in [-0.3, -0.25) is 0 Å². The maximum absolute atomic E-state index is 6.17. The third-order valence-electron chi connectivity index (χ3n) is 3.72. The van der Waals surface area contributed by atoms with Crippen molar-refractivity contribution in [1.82, 2.24) is 14.5 Å². The smallest absolute Gasteiger partial charge is 0.183 e. The van der Waals surface area contributed by atoms with Gasteiger partial charge in [0.25, 0.3) is 0 Å². The molecule has 7 heteroatoms. The molecular weight excluding hydrogens is 356 g/mol. The van der Waals surface area contributed by atoms with Gasteiger partial charge >= 0.3 is 0 Å². The van der Waals surface area contributed by atoms with Gasteiger partial charge in [0.15, 0.2) is 5.13 Å². The van der Waals surface area contributed by atoms with Gasteiger partial charge in [-0.05, 0) is 30.3 Å². The monoisotopic (exact) mass is 370 g/mol. The summed E-state index contributed by atoms with van der Waals surface area (Å²) in [5.41, 5.74) is 1.85. The minimum absolute atomic E-state index is 0.371. The molecule has 2 heterocycles. The standard InChI is InChI=1S/C18H15ClN4OS/c19-13-6-7-15-16(10-13)23(12-21-18-20-8-9-25-18)17(22-15)11-24-14-4-2-1-3-5-14/h1-10H,11-12H2,(H,20,21). The summed E-state index contributed by atoms with van der Waals surface area (Å²) in [4.78, 5) is 8.94. The van der Waals surface area contributed by atoms with Crippen LogP contribution in [0, 0.1) is 0 Å². The van der Waals surface area contributed by atoms with E-state index in [-0.39, 0.29) is 0 Å². The Hall–Kier alpha value is -2.57. The Morgan fingerprint density at radius 3 is 2.84 bits per heavy atom. The van der Waals surface area contributed by atoms with Crippen LogP contribution >= 0.6 is 22.9 Å². The predicted molar refractivity (Wildman–Crippen MR) is 101 cm³/mol. The first-order chi connectivity index (χ1) is 12.3. The Bertz CT molecular complexity index is 970. The van der Waals surface area contributed by atoms with E-state index in [9.17, 15) is 0 Å². The zero-order chi connectivity index (χ0) is 17.1. The van der Waals surface area contributed by atoms with Crippen molar-refractivity contribution in [2.45, 2.75) is 13.3 Å². The molecule has 0 atom stereocenters. The van der Waals surface area contributed by atoms with E-state index in [0.29, 0.717) is 18.3 Å². The third-order valence-corrected chi connectivity index (χ3v) is 4.69. The number of nitrogens with one attached hydrogen (secondary N) is 1. The zero-order valence-electron chi connectivity index (χ0n) is 13.2. The summed E-state index contributed by atoms with van der Waals surface area (Å²) in [7, 11) is 0. The lowest BCUT2D eigenvalue weighted by atomic mass is 10.3. The number of halogens is 1. The van der Waals surface area contributed by atoms with Gasteiger partial charge in [-0.25, -0.2) is 9.97 Å². The number of aromatic nitrogens is 3. The number of ether oxygens (including phenoxy) is 1. The number of hydrogen-bond acceptors (Lipinski definition) is 5. The quantitative estimate of drug-likeness (QED) is 0.530. The van der Waals surface area contributed by atoms with Crippen LogP contribution in [0.15, 0.2) is 60.1 Å². The summed E-state index contributed by atoms with van der Waals surface area (Å²) in [5, 5.41) is 6.78. The summed E-state index contributed by atoms with van der Waals surface area (Å²) < 4.78 is 7.93. The van der Waals surface area contributed by atoms with Gasteiger partial charge in [-0.15, -0.1) is 11.3 Å². The van der Waals surface area contributed by atoms with E-state index in [1.165, 1.54) is 0 Å². The van der Waals surface area contributed by atoms with Crippen LogP contribution in [0.2, 0.25) is 5.02 Å². The van der Waals surface area contributed by atoms with E-state index < -0.39 is 0 Å². The van der Waals surface area contributed by atoms with E-state index in [1.54, 1.807) is 17.5 Å². The molecule has 0 amide bonds. The van der Waals surface area contributed by atoms with Gasteiger partial charge in [-0.2, -0.15) is 0 Å². The van der Waals surface area contributed by atoms with E-state index in [0.717, 1.165) is 27.7 Å². The summed E-state index contributed by atoms with van der Waals surface area (Å²) in [6.45, 7) is 0.910. The van der Waals surface area contributed by atoms with Crippen LogP contribution in [0.1, 0.15) is 5.82 Å². The Kier molecular flexibility index (Phi) is 4.54. The number of anilines is 1. The molecule has 0 bridgehead atoms. The molecule has 0 aliphatic heterocycles. The normalized spacial score (nSPS) is 10.9. The van der Waals surface area contributed by atoms with Gasteiger partial charge in [-0.1, -0.05) is 29.8 Å². The highest BCUT2D eigenvalue weighted by Gasteiger charge is 2.12. The van der Waals surface area contributed by atoms with Crippen LogP contribution in [-0.2, 0) is 13.3 Å². The summed E-state index contributed by atoms with van der Waals surface area (Å²) in [5.74, 6) is 1.64. The van der Waals surface area contributed by atoms with Gasteiger partial charge < -0.3 is 14.6 Å². The topological polar surface area (TPSA) is 52.0 Å². The molecule has 0 saturated heterocycles. The van der Waals surface area contributed by atoms with Crippen molar-refractivity contribution in [2.24, 2.45) is 0 Å². The number of benzene rings is 2. The molecule has 4 rings (SSSR count). The number of rotatable bonds is 6. The molecule has 0 saturated carbocycles. The van der Waals surface area contributed by atoms with Gasteiger partial charge in [0, 0.05) is 16.6 Å². The lowest BCUT2D eigenvalue weighted by molar-refractivity contribution is 0.291. The van der Waals surface area contributed by atoms with E-state index in [2.05, 4.69) is 14.9 Å². The van der Waals surface area contributed by atoms with E-state index in [4.69, 9.17) is 21.3 Å². The highest BCUT2D eigenvalue weighted by Crippen LogP contribution is 2.22. The third kappa shape index (κ3) is 3.60. The first kappa shape index (κ1) is 15.9. The maximum atomic E-state index is 6.17. The molecule has 25 heavy (non-hydrogen) atoms. The first-order valence-corrected chi connectivity index (χ1v) is 9.01. The predicted octanol–water partition coefficient (Wildman–Crippen LogP) is 4.79. The molecule has 0 spiro atoms. The molecule has 1 N–H and O–H groups in total. The van der Waals surface area contributed by atoms with Crippen molar-refractivity contribution in [2.75, 3.05) is 5.32 Å². The minimum Gasteiger partial charge on any atom is -0.486 e. The molecule has 0 fully saturated rings. The lowest BCUT2D eigenvalue weighted by Crippen LogP contribution is -2.13. The number of thiazole rings is 1. The molecular formula is C18H15ClN4OS. The summed E-state index contributed by atoms with van der Waals surface area (Å²) >= 11 is 7.73. The van der Waals surface area contributed by atoms with Crippen molar-refractivity contribution < 1.29 is 4.74 Å². The van der Waals surface area contributed by atoms with Crippen LogP contribution in [0.25, 0.3) is 11.0 Å². The molecule has 4 aromatic rings. The Morgan fingerprint density at radius 1 is 1.16 bits per heavy atom. The van der Waals surface area contributed by atoms with Crippen LogP contribution < -0.4 is 10.1 Å². The summed E-state index contributed by atoms with van der Waals surface area (Å²) in [6, 6.07) is 15.4. The molecule has 0 unspecified atom stereocenters. The molecule has 2 aromatic carbocycles. The minimum atomic E-state index is 0.371. The summed E-state index contributed by atoms with van der Waals surface area (Å²) in [6.07, 6.45) is 1.77. The Balaban J connectivity index is 1.63. The number of fused-ring (bicyclic) bond motifs is 1. The Morgan fingerprint density at radius 2 is 2.04 bits per heavy atom. The fourth-order valence-corrected chi connectivity index (χ4v) is 3.24. The fraction of sp³-hybridized carbons (Fsp3) is 0.111. The number of hydrogen-bond donors (Lipinski definition) is 1. The van der Waals surface area contributed by atoms with Crippen LogP contribution in [0.5, 0.6) is 5.75 Å². The number of para-hydroxylation sites is 1. The van der Waals surface area contributed by atoms with Crippen LogP contribution in [0.3, 0.4) is 0 Å². The molecule has 126 valence electrons. The van der Waals surface area contributed by atoms with E-state index >= 15 is 0 Å². The number of nitrogens with zero attached hydrogens (tertiary/aromatic N) is 3. The van der Waals surface area contributed by atoms with Gasteiger partial charge in [0.05, 0.1) is 17.7 Å². The average Bonchev–Trinajstić information content (AvgIpc) is 3.26. The van der Waals surface area contributed by atoms with Crippen molar-refractivity contribution in [3.05, 3.63) is 71.0 Å². The Labute approximate surface area is 153 Å². The van der Waals surface area contributed by atoms with Crippen LogP contribution in [0.4, 0.5) is 5.13 Å². The van der Waals surface area contributed by atoms with Crippen LogP contribution in [-0.4, -0.2) is 14.5 Å². The average molecular weight is 371 g/mol. The maximum Gasteiger partial charge on any atom is 0.183 e. The highest BCUT2D eigenvalue weighted by atomic mass is 35.5. The second-order valence-electron chi connectivity index (χ2n) is 5.36. The fourth-order valence-electron chi connectivity index (χ4n) is 2.55. The lowest BCUT2D eigenvalue weighted by Gasteiger charge is -2.11. The molecule has 0 aliphatic carbocycles.